The summed E-state index contributed by atoms with van der Waals surface area (Å²) in [6, 6.07) is 5.63. The Labute approximate surface area is 166 Å². The van der Waals surface area contributed by atoms with Crippen molar-refractivity contribution in [3.63, 3.8) is 0 Å². The summed E-state index contributed by atoms with van der Waals surface area (Å²) in [6.45, 7) is 3.79. The number of Topliss-reactive ketones (excluding diaryl/α,β-unsaturated/α-hetero) is 1. The number of aromatic nitrogens is 1. The molecular formula is C22H19F3N2O2. The minimum atomic E-state index is -4.75. The van der Waals surface area contributed by atoms with Gasteiger partial charge in [0, 0.05) is 16.5 Å². The molecule has 7 heteroatoms. The summed E-state index contributed by atoms with van der Waals surface area (Å²) in [4.78, 5) is 19.7. The van der Waals surface area contributed by atoms with Gasteiger partial charge in [-0.3, -0.25) is 9.79 Å². The molecule has 0 aliphatic carbocycles. The first kappa shape index (κ1) is 21.8. The molecule has 29 heavy (non-hydrogen) atoms. The van der Waals surface area contributed by atoms with E-state index < -0.39 is 6.36 Å². The number of nitrogens with zero attached hydrogens (tertiary/aromatic N) is 1. The van der Waals surface area contributed by atoms with Crippen LogP contribution >= 0.6 is 0 Å². The molecule has 2 aromatic rings. The highest BCUT2D eigenvalue weighted by Gasteiger charge is 2.31. The van der Waals surface area contributed by atoms with Gasteiger partial charge in [-0.1, -0.05) is 18.2 Å². The van der Waals surface area contributed by atoms with Gasteiger partial charge in [-0.2, -0.15) is 0 Å². The molecule has 2 heterocycles. The molecule has 0 amide bonds. The van der Waals surface area contributed by atoms with Gasteiger partial charge in [0.2, 0.25) is 0 Å². The largest absolute Gasteiger partial charge is 0.573 e. The molecule has 0 saturated heterocycles. The summed E-state index contributed by atoms with van der Waals surface area (Å²) in [7, 11) is 0. The van der Waals surface area contributed by atoms with E-state index in [1.165, 1.54) is 18.2 Å². The molecular weight excluding hydrogens is 381 g/mol. The second kappa shape index (κ2) is 9.11. The Balaban J connectivity index is 0.00000145. The summed E-state index contributed by atoms with van der Waals surface area (Å²) in [5, 5.41) is 0.518. The highest BCUT2D eigenvalue weighted by molar-refractivity contribution is 6.31. The molecule has 0 saturated carbocycles. The molecule has 1 N–H and O–H groups in total. The van der Waals surface area contributed by atoms with Crippen LogP contribution < -0.4 is 4.74 Å². The average molecular weight is 400 g/mol. The Hall–Kier alpha value is -3.53. The van der Waals surface area contributed by atoms with Gasteiger partial charge in [-0.05, 0) is 49.8 Å². The number of nitrogens with one attached hydrogen (secondary N) is 1. The summed E-state index contributed by atoms with van der Waals surface area (Å²) in [6.07, 6.45) is 10.6. The van der Waals surface area contributed by atoms with Crippen LogP contribution in [-0.2, 0) is 4.79 Å². The SMILES string of the molecule is C#C.C/C=C\C(=C/C)C1=NCC(=O)C(c2cc3cc(OC(F)(F)F)ccc3[nH]2)=C1. The first-order valence-electron chi connectivity index (χ1n) is 8.61. The van der Waals surface area contributed by atoms with E-state index in [1.807, 2.05) is 32.1 Å². The summed E-state index contributed by atoms with van der Waals surface area (Å²) < 4.78 is 41.1. The van der Waals surface area contributed by atoms with E-state index in [2.05, 4.69) is 27.6 Å². The molecule has 0 spiro atoms. The predicted octanol–water partition coefficient (Wildman–Crippen LogP) is 5.25. The first-order valence-corrected chi connectivity index (χ1v) is 8.61. The maximum atomic E-state index is 12.4. The number of terminal acetylenes is 1. The number of dihydropyridines is 1. The smallest absolute Gasteiger partial charge is 0.406 e. The quantitative estimate of drug-likeness (QED) is 0.563. The zero-order valence-electron chi connectivity index (χ0n) is 15.9. The number of ether oxygens (including phenoxy) is 1. The van der Waals surface area contributed by atoms with Gasteiger partial charge in [-0.15, -0.1) is 26.0 Å². The van der Waals surface area contributed by atoms with E-state index in [0.29, 0.717) is 27.9 Å². The van der Waals surface area contributed by atoms with Crippen molar-refractivity contribution < 1.29 is 22.7 Å². The number of aromatic amines is 1. The molecule has 1 aliphatic heterocycles. The van der Waals surface area contributed by atoms with Gasteiger partial charge in [0.15, 0.2) is 5.78 Å². The van der Waals surface area contributed by atoms with Crippen molar-refractivity contribution in [1.29, 1.82) is 0 Å². The second-order valence-electron chi connectivity index (χ2n) is 5.91. The van der Waals surface area contributed by atoms with Gasteiger partial charge in [-0.25, -0.2) is 0 Å². The Morgan fingerprint density at radius 2 is 1.97 bits per heavy atom. The molecule has 3 rings (SSSR count). The van der Waals surface area contributed by atoms with Crippen LogP contribution in [0.25, 0.3) is 16.5 Å². The Kier molecular flexibility index (Phi) is 6.84. The lowest BCUT2D eigenvalue weighted by Gasteiger charge is -2.12. The van der Waals surface area contributed by atoms with Crippen molar-refractivity contribution in [3.8, 4) is 18.6 Å². The number of halogens is 3. The van der Waals surface area contributed by atoms with Crippen LogP contribution in [0.2, 0.25) is 0 Å². The second-order valence-corrected chi connectivity index (χ2v) is 5.91. The number of benzene rings is 1. The molecule has 1 aromatic heterocycles. The van der Waals surface area contributed by atoms with E-state index in [-0.39, 0.29) is 18.1 Å². The van der Waals surface area contributed by atoms with Crippen LogP contribution in [0.1, 0.15) is 19.5 Å². The molecule has 4 nitrogen and oxygen atoms in total. The van der Waals surface area contributed by atoms with Crippen LogP contribution in [0.3, 0.4) is 0 Å². The Morgan fingerprint density at radius 3 is 2.59 bits per heavy atom. The van der Waals surface area contributed by atoms with Gasteiger partial charge in [0.25, 0.3) is 0 Å². The van der Waals surface area contributed by atoms with Gasteiger partial charge in [0.1, 0.15) is 12.3 Å². The van der Waals surface area contributed by atoms with Crippen LogP contribution in [-0.4, -0.2) is 29.4 Å². The topological polar surface area (TPSA) is 54.4 Å². The van der Waals surface area contributed by atoms with E-state index in [9.17, 15) is 18.0 Å². The van der Waals surface area contributed by atoms with Gasteiger partial charge in [0.05, 0.1) is 11.4 Å². The minimum absolute atomic E-state index is 0.0217. The van der Waals surface area contributed by atoms with Crippen molar-refractivity contribution in [2.45, 2.75) is 20.2 Å². The number of rotatable bonds is 4. The van der Waals surface area contributed by atoms with E-state index in [4.69, 9.17) is 0 Å². The van der Waals surface area contributed by atoms with Crippen LogP contribution in [0, 0.1) is 12.8 Å². The van der Waals surface area contributed by atoms with E-state index in [0.717, 1.165) is 5.57 Å². The molecule has 0 radical (unpaired) electrons. The van der Waals surface area contributed by atoms with Crippen LogP contribution in [0.4, 0.5) is 13.2 Å². The zero-order valence-corrected chi connectivity index (χ0v) is 15.9. The van der Waals surface area contributed by atoms with Crippen molar-refractivity contribution in [3.05, 3.63) is 59.8 Å². The molecule has 1 aliphatic rings. The maximum absolute atomic E-state index is 12.4. The summed E-state index contributed by atoms with van der Waals surface area (Å²) in [5.41, 5.74) is 3.15. The third kappa shape index (κ3) is 5.26. The average Bonchev–Trinajstić information content (AvgIpc) is 3.10. The Morgan fingerprint density at radius 1 is 1.24 bits per heavy atom. The number of ketones is 1. The summed E-state index contributed by atoms with van der Waals surface area (Å²) in [5.74, 6) is -0.468. The fraction of sp³-hybridized carbons (Fsp3) is 0.182. The van der Waals surface area contributed by atoms with E-state index in [1.54, 1.807) is 12.1 Å². The molecule has 0 bridgehead atoms. The lowest BCUT2D eigenvalue weighted by molar-refractivity contribution is -0.274. The number of alkyl halides is 3. The van der Waals surface area contributed by atoms with Crippen molar-refractivity contribution in [2.24, 2.45) is 4.99 Å². The molecule has 0 fully saturated rings. The highest BCUT2D eigenvalue weighted by atomic mass is 19.4. The Bertz CT molecular complexity index is 1050. The zero-order chi connectivity index (χ0) is 21.6. The fourth-order valence-corrected chi connectivity index (χ4v) is 2.87. The van der Waals surface area contributed by atoms with Crippen molar-refractivity contribution in [1.82, 2.24) is 4.98 Å². The van der Waals surface area contributed by atoms with Gasteiger partial charge >= 0.3 is 6.36 Å². The van der Waals surface area contributed by atoms with E-state index >= 15 is 0 Å². The molecule has 150 valence electrons. The minimum Gasteiger partial charge on any atom is -0.406 e. The highest BCUT2D eigenvalue weighted by Crippen LogP contribution is 2.29. The standard InChI is InChI=1S/C20H17F3N2O2.C2H2/c1-3-5-12(4-2)17-10-15(19(26)11-24-17)18-9-13-8-14(27-20(21,22)23)6-7-16(13)25-18;1-2/h3-10,25H,11H2,1-2H3;1-2H/b5-3-,12-4+;. The third-order valence-electron chi connectivity index (χ3n) is 4.04. The summed E-state index contributed by atoms with van der Waals surface area (Å²) >= 11 is 0. The fourth-order valence-electron chi connectivity index (χ4n) is 2.87. The number of fused-ring (bicyclic) bond motifs is 1. The van der Waals surface area contributed by atoms with Crippen molar-refractivity contribution in [2.75, 3.05) is 6.54 Å². The molecule has 0 unspecified atom stereocenters. The van der Waals surface area contributed by atoms with Crippen molar-refractivity contribution >= 4 is 28.0 Å². The number of carbonyl (C=O) groups is 1. The first-order chi connectivity index (χ1) is 13.8. The lowest BCUT2D eigenvalue weighted by atomic mass is 9.99. The molecule has 0 atom stereocenters. The number of allylic oxidation sites excluding steroid dienone is 5. The number of carbonyl (C=O) groups excluding carboxylic acids is 1. The third-order valence-corrected chi connectivity index (χ3v) is 4.04. The number of hydrogen-bond donors (Lipinski definition) is 1. The normalized spacial score (nSPS) is 15.0. The number of H-pyrrole nitrogens is 1. The van der Waals surface area contributed by atoms with Crippen LogP contribution in [0.5, 0.6) is 5.75 Å². The maximum Gasteiger partial charge on any atom is 0.573 e. The van der Waals surface area contributed by atoms with Crippen LogP contribution in [0.15, 0.2) is 59.1 Å². The predicted molar refractivity (Wildman–Crippen MR) is 109 cm³/mol. The lowest BCUT2D eigenvalue weighted by Crippen LogP contribution is -2.16. The number of hydrogen-bond acceptors (Lipinski definition) is 3. The van der Waals surface area contributed by atoms with Gasteiger partial charge < -0.3 is 9.72 Å². The number of aliphatic imine (C=N–C) groups is 1. The molecule has 1 aromatic carbocycles. The monoisotopic (exact) mass is 400 g/mol.